The van der Waals surface area contributed by atoms with Gasteiger partial charge in [0.25, 0.3) is 0 Å². The van der Waals surface area contributed by atoms with Crippen molar-refractivity contribution in [3.8, 4) is 0 Å². The Morgan fingerprint density at radius 3 is 3.10 bits per heavy atom. The molecule has 3 N–H and O–H groups in total. The van der Waals surface area contributed by atoms with E-state index in [1.807, 2.05) is 18.2 Å². The van der Waals surface area contributed by atoms with Gasteiger partial charge in [-0.25, -0.2) is 4.98 Å². The van der Waals surface area contributed by atoms with Crippen LogP contribution in [0.15, 0.2) is 62.8 Å². The van der Waals surface area contributed by atoms with E-state index < -0.39 is 0 Å². The second-order valence-electron chi connectivity index (χ2n) is 7.80. The zero-order valence-electron chi connectivity index (χ0n) is 16.2. The number of carbonyl (C=O) groups is 1. The number of benzene rings is 1. The highest BCUT2D eigenvalue weighted by atomic mass is 32.2. The van der Waals surface area contributed by atoms with E-state index in [0.717, 1.165) is 50.4 Å². The summed E-state index contributed by atoms with van der Waals surface area (Å²) in [5.41, 5.74) is 5.18. The van der Waals surface area contributed by atoms with Gasteiger partial charge < -0.3 is 14.7 Å². The first-order chi connectivity index (χ1) is 14.6. The smallest absolute Gasteiger partial charge is 0.174 e. The molecule has 150 valence electrons. The van der Waals surface area contributed by atoms with Crippen LogP contribution in [-0.2, 0) is 4.79 Å². The van der Waals surface area contributed by atoms with E-state index >= 15 is 0 Å². The van der Waals surface area contributed by atoms with Gasteiger partial charge in [-0.3, -0.25) is 9.89 Å². The van der Waals surface area contributed by atoms with Crippen molar-refractivity contribution in [1.82, 2.24) is 20.2 Å². The number of carbonyl (C=O) groups excluding carboxylic acids is 1. The second-order valence-corrected chi connectivity index (χ2v) is 8.79. The molecule has 0 saturated heterocycles. The zero-order valence-corrected chi connectivity index (χ0v) is 17.0. The average molecular weight is 417 g/mol. The number of allylic oxidation sites excluding steroid dienone is 1. The standard InChI is InChI=1S/C22H19N5O2S/c1-11-2-4-16-17(8-11)26-22(25-16)30-19-7-6-18(29-19)20-13-9-12(28)3-5-15(13)24-21-14(20)10-23-27-21/h2,4,6-10,15,20H,3,5H2,1H3,(H,25,26)(H2,23,24,27). The van der Waals surface area contributed by atoms with E-state index in [9.17, 15) is 4.79 Å². The van der Waals surface area contributed by atoms with Crippen molar-refractivity contribution >= 4 is 34.4 Å². The van der Waals surface area contributed by atoms with Crippen LogP contribution in [-0.4, -0.2) is 32.0 Å². The zero-order chi connectivity index (χ0) is 20.2. The second kappa shape index (κ2) is 6.63. The molecule has 3 aromatic heterocycles. The maximum atomic E-state index is 12.1. The molecule has 0 fully saturated rings. The van der Waals surface area contributed by atoms with Crippen LogP contribution in [0, 0.1) is 6.92 Å². The number of H-pyrrole nitrogens is 2. The summed E-state index contributed by atoms with van der Waals surface area (Å²) in [6, 6.07) is 10.2. The maximum absolute atomic E-state index is 12.1. The molecule has 1 aromatic carbocycles. The maximum Gasteiger partial charge on any atom is 0.174 e. The lowest BCUT2D eigenvalue weighted by Crippen LogP contribution is -2.34. The molecule has 4 aromatic rings. The third-order valence-corrected chi connectivity index (χ3v) is 6.55. The van der Waals surface area contributed by atoms with Crippen LogP contribution in [0.2, 0.25) is 0 Å². The molecule has 1 aliphatic heterocycles. The number of imidazole rings is 1. The number of nitrogens with one attached hydrogen (secondary N) is 3. The van der Waals surface area contributed by atoms with Crippen LogP contribution in [0.3, 0.4) is 0 Å². The van der Waals surface area contributed by atoms with E-state index in [-0.39, 0.29) is 17.7 Å². The molecule has 0 spiro atoms. The summed E-state index contributed by atoms with van der Waals surface area (Å²) in [4.78, 5) is 20.1. The van der Waals surface area contributed by atoms with Crippen molar-refractivity contribution in [2.75, 3.05) is 5.32 Å². The quantitative estimate of drug-likeness (QED) is 0.452. The molecule has 4 heterocycles. The van der Waals surface area contributed by atoms with E-state index in [1.54, 1.807) is 12.3 Å². The van der Waals surface area contributed by atoms with Crippen LogP contribution in [0.4, 0.5) is 5.82 Å². The Morgan fingerprint density at radius 1 is 1.23 bits per heavy atom. The lowest BCUT2D eigenvalue weighted by Gasteiger charge is -2.34. The van der Waals surface area contributed by atoms with E-state index in [2.05, 4.69) is 44.5 Å². The highest BCUT2D eigenvalue weighted by Gasteiger charge is 2.38. The number of hydrogen-bond acceptors (Lipinski definition) is 6. The number of aromatic nitrogens is 4. The number of furan rings is 1. The number of aryl methyl sites for hydroxylation is 1. The summed E-state index contributed by atoms with van der Waals surface area (Å²) in [6.07, 6.45) is 4.92. The Hall–Kier alpha value is -3.26. The normalized spacial score (nSPS) is 20.6. The number of ketones is 1. The summed E-state index contributed by atoms with van der Waals surface area (Å²) in [6.45, 7) is 2.06. The SMILES string of the molecule is Cc1ccc2nc(Sc3ccc(C4C5=CC(=O)CCC5Nc5[nH]ncc54)o3)[nH]c2c1. The highest BCUT2D eigenvalue weighted by molar-refractivity contribution is 7.99. The number of nitrogens with zero attached hydrogens (tertiary/aromatic N) is 2. The first-order valence-corrected chi connectivity index (χ1v) is 10.7. The van der Waals surface area contributed by atoms with Gasteiger partial charge in [-0.05, 0) is 66.6 Å². The predicted molar refractivity (Wildman–Crippen MR) is 114 cm³/mol. The Kier molecular flexibility index (Phi) is 3.89. The Labute approximate surface area is 176 Å². The molecule has 2 aliphatic rings. The molecular weight excluding hydrogens is 398 g/mol. The summed E-state index contributed by atoms with van der Waals surface area (Å²) >= 11 is 1.46. The van der Waals surface area contributed by atoms with Gasteiger partial charge in [0.15, 0.2) is 16.0 Å². The largest absolute Gasteiger partial charge is 0.453 e. The van der Waals surface area contributed by atoms with Crippen molar-refractivity contribution in [2.45, 2.75) is 42.0 Å². The molecule has 0 radical (unpaired) electrons. The first-order valence-electron chi connectivity index (χ1n) is 9.92. The summed E-state index contributed by atoms with van der Waals surface area (Å²) < 4.78 is 6.24. The fourth-order valence-electron chi connectivity index (χ4n) is 4.34. The molecule has 7 nitrogen and oxygen atoms in total. The number of fused-ring (bicyclic) bond motifs is 3. The highest BCUT2D eigenvalue weighted by Crippen LogP contribution is 2.45. The van der Waals surface area contributed by atoms with Crippen LogP contribution in [0.25, 0.3) is 11.0 Å². The van der Waals surface area contributed by atoms with Crippen molar-refractivity contribution in [2.24, 2.45) is 0 Å². The van der Waals surface area contributed by atoms with Gasteiger partial charge in [-0.15, -0.1) is 0 Å². The Bertz CT molecular complexity index is 1310. The van der Waals surface area contributed by atoms with Gasteiger partial charge in [-0.2, -0.15) is 5.10 Å². The molecule has 2 atom stereocenters. The van der Waals surface area contributed by atoms with E-state index in [4.69, 9.17) is 4.42 Å². The van der Waals surface area contributed by atoms with Gasteiger partial charge in [0, 0.05) is 12.0 Å². The van der Waals surface area contributed by atoms with E-state index in [0.29, 0.717) is 6.42 Å². The van der Waals surface area contributed by atoms with Crippen LogP contribution in [0.5, 0.6) is 0 Å². The average Bonchev–Trinajstić information content (AvgIpc) is 3.45. The fraction of sp³-hybridized carbons (Fsp3) is 0.227. The van der Waals surface area contributed by atoms with E-state index in [1.165, 1.54) is 17.3 Å². The van der Waals surface area contributed by atoms with Gasteiger partial charge >= 0.3 is 0 Å². The molecular formula is C22H19N5O2S. The minimum absolute atomic E-state index is 0.112. The molecule has 30 heavy (non-hydrogen) atoms. The molecule has 0 saturated carbocycles. The lowest BCUT2D eigenvalue weighted by atomic mass is 9.78. The topological polar surface area (TPSA) is 99.6 Å². The Morgan fingerprint density at radius 2 is 2.17 bits per heavy atom. The molecule has 0 amide bonds. The minimum Gasteiger partial charge on any atom is -0.453 e. The summed E-state index contributed by atoms with van der Waals surface area (Å²) in [5, 5.41) is 12.2. The van der Waals surface area contributed by atoms with Crippen molar-refractivity contribution in [3.63, 3.8) is 0 Å². The summed E-state index contributed by atoms with van der Waals surface area (Å²) in [7, 11) is 0. The van der Waals surface area contributed by atoms with Crippen molar-refractivity contribution in [3.05, 3.63) is 65.1 Å². The first kappa shape index (κ1) is 17.6. The number of rotatable bonds is 3. The van der Waals surface area contributed by atoms with Crippen LogP contribution < -0.4 is 5.32 Å². The van der Waals surface area contributed by atoms with Crippen molar-refractivity contribution in [1.29, 1.82) is 0 Å². The Balaban J connectivity index is 1.35. The minimum atomic E-state index is -0.123. The van der Waals surface area contributed by atoms with Gasteiger partial charge in [-0.1, -0.05) is 6.07 Å². The van der Waals surface area contributed by atoms with Crippen LogP contribution in [0.1, 0.15) is 35.6 Å². The number of aromatic amines is 2. The fourth-order valence-corrected chi connectivity index (χ4v) is 5.11. The van der Waals surface area contributed by atoms with Gasteiger partial charge in [0.2, 0.25) is 0 Å². The molecule has 6 rings (SSSR count). The molecule has 2 unspecified atom stereocenters. The van der Waals surface area contributed by atoms with Gasteiger partial charge in [0.1, 0.15) is 11.6 Å². The third-order valence-electron chi connectivity index (χ3n) is 5.74. The molecule has 0 bridgehead atoms. The lowest BCUT2D eigenvalue weighted by molar-refractivity contribution is -0.115. The van der Waals surface area contributed by atoms with Gasteiger partial charge in [0.05, 0.1) is 29.2 Å². The monoisotopic (exact) mass is 417 g/mol. The number of anilines is 1. The summed E-state index contributed by atoms with van der Waals surface area (Å²) in [5.74, 6) is 1.75. The van der Waals surface area contributed by atoms with Crippen LogP contribution >= 0.6 is 11.8 Å². The molecule has 8 heteroatoms. The number of hydrogen-bond donors (Lipinski definition) is 3. The third kappa shape index (κ3) is 2.87. The predicted octanol–water partition coefficient (Wildman–Crippen LogP) is 4.55. The molecule has 1 aliphatic carbocycles. The van der Waals surface area contributed by atoms with Crippen molar-refractivity contribution < 1.29 is 9.21 Å².